The highest BCUT2D eigenvalue weighted by Crippen LogP contribution is 2.22. The molecule has 0 radical (unpaired) electrons. The van der Waals surface area contributed by atoms with Crippen LogP contribution >= 0.6 is 0 Å². The number of carbonyl (C=O) groups is 4. The standard InChI is InChI=1S/C37H52FN5O6/c1-25(2)21-31(39-35(45)32(22-26(3)4)41-37(47)42-17-19-48-20-18-42)34(44)40-33(23-27-9-6-5-7-10-27)36(46)43-16-8-11-29(43)24-49-30-14-12-28(38)13-15-30/h5-7,9-10,12-15,25-26,29,31-33H,8,11,16-24H2,1-4H3,(H,39,45)(H,40,44)(H,41,47)/t29-,31-,32-,33-/m0/s1. The largest absolute Gasteiger partial charge is 0.491 e. The third-order valence-corrected chi connectivity index (χ3v) is 8.77. The molecule has 11 nitrogen and oxygen atoms in total. The smallest absolute Gasteiger partial charge is 0.318 e. The first-order valence-corrected chi connectivity index (χ1v) is 17.5. The van der Waals surface area contributed by atoms with Gasteiger partial charge in [0.15, 0.2) is 0 Å². The Morgan fingerprint density at radius 3 is 2.02 bits per heavy atom. The van der Waals surface area contributed by atoms with Gasteiger partial charge in [0.25, 0.3) is 0 Å². The lowest BCUT2D eigenvalue weighted by Gasteiger charge is -2.32. The highest BCUT2D eigenvalue weighted by Gasteiger charge is 2.36. The minimum absolute atomic E-state index is 0.0531. The van der Waals surface area contributed by atoms with E-state index in [-0.39, 0.29) is 48.7 Å². The van der Waals surface area contributed by atoms with E-state index >= 15 is 0 Å². The minimum atomic E-state index is -0.926. The van der Waals surface area contributed by atoms with Gasteiger partial charge in [-0.1, -0.05) is 58.0 Å². The van der Waals surface area contributed by atoms with Crippen LogP contribution in [0.1, 0.15) is 58.9 Å². The van der Waals surface area contributed by atoms with Crippen LogP contribution in [0.2, 0.25) is 0 Å². The van der Waals surface area contributed by atoms with Crippen LogP contribution in [0.3, 0.4) is 0 Å². The molecule has 12 heteroatoms. The first-order chi connectivity index (χ1) is 23.5. The summed E-state index contributed by atoms with van der Waals surface area (Å²) in [6.07, 6.45) is 2.52. The molecular formula is C37H52FN5O6. The summed E-state index contributed by atoms with van der Waals surface area (Å²) < 4.78 is 24.6. The van der Waals surface area contributed by atoms with Crippen molar-refractivity contribution in [3.05, 3.63) is 66.0 Å². The predicted molar refractivity (Wildman–Crippen MR) is 184 cm³/mol. The number of benzene rings is 2. The number of urea groups is 1. The quantitative estimate of drug-likeness (QED) is 0.262. The van der Waals surface area contributed by atoms with Crippen molar-refractivity contribution in [2.24, 2.45) is 11.8 Å². The molecule has 0 aromatic heterocycles. The molecule has 49 heavy (non-hydrogen) atoms. The number of rotatable bonds is 15. The second-order valence-corrected chi connectivity index (χ2v) is 13.8. The van der Waals surface area contributed by atoms with Gasteiger partial charge in [0.2, 0.25) is 17.7 Å². The van der Waals surface area contributed by atoms with Crippen molar-refractivity contribution in [3.8, 4) is 5.75 Å². The van der Waals surface area contributed by atoms with Crippen LogP contribution in [0.15, 0.2) is 54.6 Å². The van der Waals surface area contributed by atoms with E-state index < -0.39 is 29.9 Å². The molecule has 5 amide bonds. The maximum Gasteiger partial charge on any atom is 0.318 e. The Labute approximate surface area is 289 Å². The van der Waals surface area contributed by atoms with Crippen LogP contribution in [0.4, 0.5) is 9.18 Å². The molecule has 2 saturated heterocycles. The number of morpholine rings is 1. The third-order valence-electron chi connectivity index (χ3n) is 8.77. The number of amides is 5. The summed E-state index contributed by atoms with van der Waals surface area (Å²) in [5.41, 5.74) is 0.881. The van der Waals surface area contributed by atoms with Crippen LogP contribution in [0.5, 0.6) is 5.75 Å². The predicted octanol–water partition coefficient (Wildman–Crippen LogP) is 3.91. The molecule has 0 unspecified atom stereocenters. The zero-order chi connectivity index (χ0) is 35.3. The van der Waals surface area contributed by atoms with E-state index in [4.69, 9.17) is 9.47 Å². The van der Waals surface area contributed by atoms with Crippen LogP contribution in [-0.4, -0.2) is 97.2 Å². The highest BCUT2D eigenvalue weighted by molar-refractivity contribution is 5.94. The molecule has 2 heterocycles. The van der Waals surface area contributed by atoms with Crippen LogP contribution < -0.4 is 20.7 Å². The fourth-order valence-electron chi connectivity index (χ4n) is 6.23. The second kappa shape index (κ2) is 18.5. The molecule has 2 aliphatic rings. The van der Waals surface area contributed by atoms with E-state index in [0.717, 1.165) is 18.4 Å². The Hall–Kier alpha value is -4.19. The summed E-state index contributed by atoms with van der Waals surface area (Å²) in [7, 11) is 0. The molecule has 3 N–H and O–H groups in total. The number of nitrogens with zero attached hydrogens (tertiary/aromatic N) is 2. The number of nitrogens with one attached hydrogen (secondary N) is 3. The number of hydrogen-bond acceptors (Lipinski definition) is 6. The van der Waals surface area contributed by atoms with Crippen LogP contribution in [0, 0.1) is 17.7 Å². The maximum absolute atomic E-state index is 14.2. The zero-order valence-corrected chi connectivity index (χ0v) is 29.2. The molecule has 268 valence electrons. The van der Waals surface area contributed by atoms with Gasteiger partial charge in [-0.2, -0.15) is 0 Å². The highest BCUT2D eigenvalue weighted by atomic mass is 19.1. The van der Waals surface area contributed by atoms with E-state index in [1.54, 1.807) is 21.9 Å². The number of carbonyl (C=O) groups excluding carboxylic acids is 4. The van der Waals surface area contributed by atoms with Crippen LogP contribution in [0.25, 0.3) is 0 Å². The molecule has 4 rings (SSSR count). The van der Waals surface area contributed by atoms with Crippen molar-refractivity contribution in [1.29, 1.82) is 0 Å². The van der Waals surface area contributed by atoms with Gasteiger partial charge in [0, 0.05) is 26.1 Å². The van der Waals surface area contributed by atoms with Gasteiger partial charge in [-0.25, -0.2) is 9.18 Å². The molecule has 0 spiro atoms. The topological polar surface area (TPSA) is 129 Å². The van der Waals surface area contributed by atoms with Gasteiger partial charge in [-0.3, -0.25) is 14.4 Å². The molecule has 0 aliphatic carbocycles. The van der Waals surface area contributed by atoms with Crippen molar-refractivity contribution in [3.63, 3.8) is 0 Å². The van der Waals surface area contributed by atoms with Crippen molar-refractivity contribution in [2.45, 2.75) is 84.0 Å². The number of likely N-dealkylation sites (tertiary alicyclic amines) is 1. The molecule has 0 bridgehead atoms. The number of halogens is 1. The SMILES string of the molecule is CC(C)C[C@H](NC(=O)[C@H](CC(C)C)NC(=O)N1CCOCC1)C(=O)N[C@@H](Cc1ccccc1)C(=O)N1CCC[C@H]1COc1ccc(F)cc1. The van der Waals surface area contributed by atoms with Gasteiger partial charge in [-0.05, 0) is 67.3 Å². The Morgan fingerprint density at radius 2 is 1.41 bits per heavy atom. The summed E-state index contributed by atoms with van der Waals surface area (Å²) in [6.45, 7) is 10.4. The Kier molecular flexibility index (Phi) is 14.2. The van der Waals surface area contributed by atoms with Crippen molar-refractivity contribution < 1.29 is 33.0 Å². The van der Waals surface area contributed by atoms with E-state index in [2.05, 4.69) is 16.0 Å². The summed E-state index contributed by atoms with van der Waals surface area (Å²) in [4.78, 5) is 58.3. The lowest BCUT2D eigenvalue weighted by atomic mass is 9.99. The van der Waals surface area contributed by atoms with Crippen molar-refractivity contribution >= 4 is 23.8 Å². The molecule has 2 aromatic rings. The lowest BCUT2D eigenvalue weighted by molar-refractivity contribution is -0.138. The summed E-state index contributed by atoms with van der Waals surface area (Å²) in [5, 5.41) is 8.77. The third kappa shape index (κ3) is 11.7. The van der Waals surface area contributed by atoms with Gasteiger partial charge in [0.1, 0.15) is 36.3 Å². The molecule has 2 aromatic carbocycles. The normalized spacial score (nSPS) is 18.1. The minimum Gasteiger partial charge on any atom is -0.491 e. The maximum atomic E-state index is 14.2. The second-order valence-electron chi connectivity index (χ2n) is 13.8. The molecular weight excluding hydrogens is 629 g/mol. The summed E-state index contributed by atoms with van der Waals surface area (Å²) in [6, 6.07) is 12.0. The average molecular weight is 682 g/mol. The fraction of sp³-hybridized carbons (Fsp3) is 0.568. The van der Waals surface area contributed by atoms with Gasteiger partial charge in [-0.15, -0.1) is 0 Å². The monoisotopic (exact) mass is 681 g/mol. The molecule has 0 saturated carbocycles. The summed E-state index contributed by atoms with van der Waals surface area (Å²) in [5.74, 6) is -0.822. The Bertz CT molecular complexity index is 1370. The lowest BCUT2D eigenvalue weighted by Crippen LogP contribution is -2.59. The Morgan fingerprint density at radius 1 is 0.816 bits per heavy atom. The molecule has 4 atom stereocenters. The van der Waals surface area contributed by atoms with Gasteiger partial charge < -0.3 is 35.2 Å². The van der Waals surface area contributed by atoms with Crippen molar-refractivity contribution in [2.75, 3.05) is 39.5 Å². The fourth-order valence-corrected chi connectivity index (χ4v) is 6.23. The first-order valence-electron chi connectivity index (χ1n) is 17.5. The molecule has 2 fully saturated rings. The average Bonchev–Trinajstić information content (AvgIpc) is 3.56. The van der Waals surface area contributed by atoms with Gasteiger partial charge in [0.05, 0.1) is 19.3 Å². The van der Waals surface area contributed by atoms with Crippen LogP contribution in [-0.2, 0) is 25.5 Å². The van der Waals surface area contributed by atoms with E-state index in [9.17, 15) is 23.6 Å². The van der Waals surface area contributed by atoms with Gasteiger partial charge >= 0.3 is 6.03 Å². The van der Waals surface area contributed by atoms with E-state index in [1.165, 1.54) is 12.1 Å². The zero-order valence-electron chi connectivity index (χ0n) is 29.2. The van der Waals surface area contributed by atoms with E-state index in [1.807, 2.05) is 58.0 Å². The van der Waals surface area contributed by atoms with E-state index in [0.29, 0.717) is 51.4 Å². The first kappa shape index (κ1) is 37.6. The van der Waals surface area contributed by atoms with Crippen molar-refractivity contribution in [1.82, 2.24) is 25.8 Å². The number of ether oxygens (including phenoxy) is 2. The summed E-state index contributed by atoms with van der Waals surface area (Å²) >= 11 is 0. The number of hydrogen-bond donors (Lipinski definition) is 3. The molecule has 2 aliphatic heterocycles. The Balaban J connectivity index is 1.48.